The van der Waals surface area contributed by atoms with Gasteiger partial charge in [0.15, 0.2) is 11.6 Å². The Balaban J connectivity index is 1.60. The molecule has 0 saturated carbocycles. The summed E-state index contributed by atoms with van der Waals surface area (Å²) >= 11 is 11.9. The minimum atomic E-state index is -4.52. The molecule has 3 aromatic rings. The summed E-state index contributed by atoms with van der Waals surface area (Å²) in [5.41, 5.74) is 3.03. The van der Waals surface area contributed by atoms with Crippen LogP contribution in [-0.4, -0.2) is 33.0 Å². The first-order valence-electron chi connectivity index (χ1n) is 10.1. The highest BCUT2D eigenvalue weighted by Crippen LogP contribution is 2.33. The van der Waals surface area contributed by atoms with E-state index in [1.54, 1.807) is 24.5 Å². The summed E-state index contributed by atoms with van der Waals surface area (Å²) in [7, 11) is 0. The third-order valence-electron chi connectivity index (χ3n) is 5.05. The topological polar surface area (TPSA) is 87.0 Å². The molecule has 0 bridgehead atoms. The molecule has 0 spiro atoms. The molecule has 0 saturated heterocycles. The summed E-state index contributed by atoms with van der Waals surface area (Å²) in [4.78, 5) is 28.2. The summed E-state index contributed by atoms with van der Waals surface area (Å²) in [6.45, 7) is -0.0657. The zero-order chi connectivity index (χ0) is 25.2. The number of hydroxylamine groups is 1. The van der Waals surface area contributed by atoms with Crippen molar-refractivity contribution in [3.05, 3.63) is 93.2 Å². The number of carbonyl (C=O) groups is 1. The van der Waals surface area contributed by atoms with Gasteiger partial charge in [-0.15, -0.1) is 0 Å². The lowest BCUT2D eigenvalue weighted by atomic mass is 10.1. The molecule has 1 amide bonds. The first-order chi connectivity index (χ1) is 16.6. The van der Waals surface area contributed by atoms with Crippen molar-refractivity contribution >= 4 is 34.9 Å². The fourth-order valence-corrected chi connectivity index (χ4v) is 3.86. The second kappa shape index (κ2) is 10.1. The summed E-state index contributed by atoms with van der Waals surface area (Å²) in [5.74, 6) is -0.745. The minimum Gasteiger partial charge on any atom is -0.505 e. The molecule has 0 radical (unpaired) electrons. The highest BCUT2D eigenvalue weighted by Gasteiger charge is 2.33. The van der Waals surface area contributed by atoms with Crippen LogP contribution in [0.15, 0.2) is 65.9 Å². The molecular formula is C23H17Cl2F3N4O3. The van der Waals surface area contributed by atoms with E-state index in [1.165, 1.54) is 29.2 Å². The number of alkyl halides is 3. The van der Waals surface area contributed by atoms with E-state index >= 15 is 0 Å². The van der Waals surface area contributed by atoms with Crippen LogP contribution in [0.2, 0.25) is 10.0 Å². The molecule has 1 aliphatic heterocycles. The molecule has 35 heavy (non-hydrogen) atoms. The molecule has 12 heteroatoms. The van der Waals surface area contributed by atoms with Crippen molar-refractivity contribution in [2.45, 2.75) is 25.5 Å². The maximum atomic E-state index is 13.3. The molecule has 1 aromatic heterocycles. The molecule has 4 rings (SSSR count). The van der Waals surface area contributed by atoms with Crippen molar-refractivity contribution in [3.8, 4) is 5.75 Å². The van der Waals surface area contributed by atoms with Gasteiger partial charge in [0.2, 0.25) is 0 Å². The Bertz CT molecular complexity index is 1250. The third-order valence-corrected chi connectivity index (χ3v) is 5.63. The molecule has 0 aliphatic carbocycles. The summed E-state index contributed by atoms with van der Waals surface area (Å²) < 4.78 is 39.5. The minimum absolute atomic E-state index is 0.0190. The fraction of sp³-hybridized carbons (Fsp3) is 0.174. The van der Waals surface area contributed by atoms with Gasteiger partial charge in [0.25, 0.3) is 12.1 Å². The number of aliphatic imine (C=N–C) groups is 1. The van der Waals surface area contributed by atoms with Crippen molar-refractivity contribution in [3.63, 3.8) is 0 Å². The second-order valence-electron chi connectivity index (χ2n) is 7.59. The van der Waals surface area contributed by atoms with E-state index in [9.17, 15) is 23.1 Å². The summed E-state index contributed by atoms with van der Waals surface area (Å²) in [6.07, 6.45) is -2.72. The van der Waals surface area contributed by atoms with Crippen LogP contribution in [0.4, 0.5) is 13.2 Å². The molecule has 1 aliphatic rings. The van der Waals surface area contributed by atoms with Gasteiger partial charge in [-0.05, 0) is 41.5 Å². The van der Waals surface area contributed by atoms with Crippen LogP contribution in [0, 0.1) is 0 Å². The lowest BCUT2D eigenvalue weighted by Gasteiger charge is -2.24. The van der Waals surface area contributed by atoms with Gasteiger partial charge in [0.1, 0.15) is 0 Å². The molecule has 2 aromatic carbocycles. The number of aromatic hydroxyl groups is 1. The van der Waals surface area contributed by atoms with Crippen LogP contribution in [0.5, 0.6) is 5.75 Å². The molecule has 182 valence electrons. The van der Waals surface area contributed by atoms with Crippen LogP contribution in [0.25, 0.3) is 0 Å². The predicted molar refractivity (Wildman–Crippen MR) is 123 cm³/mol. The number of carbonyl (C=O) groups excluding carboxylic acids is 1. The second-order valence-corrected chi connectivity index (χ2v) is 8.41. The first kappa shape index (κ1) is 24.8. The normalized spacial score (nSPS) is 15.5. The van der Waals surface area contributed by atoms with E-state index in [0.29, 0.717) is 11.1 Å². The van der Waals surface area contributed by atoms with E-state index in [1.807, 2.05) is 0 Å². The van der Waals surface area contributed by atoms with Crippen LogP contribution < -0.4 is 5.48 Å². The van der Waals surface area contributed by atoms with Gasteiger partial charge < -0.3 is 10.0 Å². The molecular weight excluding hydrogens is 508 g/mol. The Morgan fingerprint density at radius 1 is 1.09 bits per heavy atom. The zero-order valence-corrected chi connectivity index (χ0v) is 19.3. The number of aromatic nitrogens is 1. The van der Waals surface area contributed by atoms with E-state index in [2.05, 4.69) is 15.5 Å². The standard InChI is InChI=1S/C23H17Cl2F3N4O3/c24-17-8-15(9-18(25)19(17)33)20-30-21(35-31-20)22(34)32(12-14-4-2-6-29-10-14)11-13-3-1-5-16(7-13)23(26,27)28/h1-10,21,33H,11-12H2,(H,30,31). The third kappa shape index (κ3) is 5.84. The molecule has 1 atom stereocenters. The number of nitrogens with zero attached hydrogens (tertiary/aromatic N) is 3. The van der Waals surface area contributed by atoms with E-state index in [4.69, 9.17) is 28.0 Å². The first-order valence-corrected chi connectivity index (χ1v) is 10.9. The molecule has 2 heterocycles. The lowest BCUT2D eigenvalue weighted by Crippen LogP contribution is -2.38. The molecule has 1 unspecified atom stereocenters. The van der Waals surface area contributed by atoms with Gasteiger partial charge in [-0.1, -0.05) is 41.4 Å². The van der Waals surface area contributed by atoms with Gasteiger partial charge in [-0.25, -0.2) is 15.3 Å². The highest BCUT2D eigenvalue weighted by molar-refractivity contribution is 6.37. The largest absolute Gasteiger partial charge is 0.505 e. The number of phenols is 1. The highest BCUT2D eigenvalue weighted by atomic mass is 35.5. The van der Waals surface area contributed by atoms with Crippen molar-refractivity contribution in [1.29, 1.82) is 0 Å². The zero-order valence-electron chi connectivity index (χ0n) is 17.8. The number of hydrogen-bond donors (Lipinski definition) is 2. The molecule has 0 fully saturated rings. The Morgan fingerprint density at radius 3 is 2.43 bits per heavy atom. The number of amidine groups is 1. The Kier molecular flexibility index (Phi) is 7.15. The fourth-order valence-electron chi connectivity index (χ4n) is 3.37. The lowest BCUT2D eigenvalue weighted by molar-refractivity contribution is -0.145. The number of hydrogen-bond acceptors (Lipinski definition) is 6. The Morgan fingerprint density at radius 2 is 1.77 bits per heavy atom. The van der Waals surface area contributed by atoms with Crippen molar-refractivity contribution in [2.75, 3.05) is 0 Å². The van der Waals surface area contributed by atoms with E-state index in [0.717, 1.165) is 12.1 Å². The molecule has 2 N–H and O–H groups in total. The number of halogens is 5. The van der Waals surface area contributed by atoms with Gasteiger partial charge in [0.05, 0.1) is 15.6 Å². The monoisotopic (exact) mass is 524 g/mol. The average molecular weight is 525 g/mol. The number of amides is 1. The maximum Gasteiger partial charge on any atom is 0.416 e. The van der Waals surface area contributed by atoms with Crippen LogP contribution in [-0.2, 0) is 28.9 Å². The quantitative estimate of drug-likeness (QED) is 0.476. The number of pyridine rings is 1. The van der Waals surface area contributed by atoms with Crippen LogP contribution in [0.1, 0.15) is 22.3 Å². The van der Waals surface area contributed by atoms with Gasteiger partial charge in [0, 0.05) is 31.0 Å². The predicted octanol–water partition coefficient (Wildman–Crippen LogP) is 4.95. The van der Waals surface area contributed by atoms with Gasteiger partial charge in [-0.3, -0.25) is 9.78 Å². The number of nitrogens with one attached hydrogen (secondary N) is 1. The van der Waals surface area contributed by atoms with E-state index in [-0.39, 0.29) is 40.3 Å². The van der Waals surface area contributed by atoms with Crippen LogP contribution in [0.3, 0.4) is 0 Å². The number of phenolic OH excluding ortho intramolecular Hbond substituents is 1. The summed E-state index contributed by atoms with van der Waals surface area (Å²) in [5, 5.41) is 9.71. The number of benzene rings is 2. The smallest absolute Gasteiger partial charge is 0.416 e. The maximum absolute atomic E-state index is 13.3. The SMILES string of the molecule is O=C(C1N=C(c2cc(Cl)c(O)c(Cl)c2)NO1)N(Cc1cccnc1)Cc1cccc(C(F)(F)F)c1. The van der Waals surface area contributed by atoms with Crippen molar-refractivity contribution < 1.29 is 27.9 Å². The Hall–Kier alpha value is -3.34. The number of rotatable bonds is 6. The Labute approximate surface area is 207 Å². The molecule has 7 nitrogen and oxygen atoms in total. The van der Waals surface area contributed by atoms with Gasteiger partial charge >= 0.3 is 6.18 Å². The van der Waals surface area contributed by atoms with Crippen molar-refractivity contribution in [1.82, 2.24) is 15.4 Å². The summed E-state index contributed by atoms with van der Waals surface area (Å²) in [6, 6.07) is 10.9. The van der Waals surface area contributed by atoms with E-state index < -0.39 is 23.9 Å². The van der Waals surface area contributed by atoms with Gasteiger partial charge in [-0.2, -0.15) is 13.2 Å². The van der Waals surface area contributed by atoms with Crippen molar-refractivity contribution in [2.24, 2.45) is 4.99 Å². The van der Waals surface area contributed by atoms with Crippen LogP contribution >= 0.6 is 23.2 Å². The average Bonchev–Trinajstić information content (AvgIpc) is 3.32.